The zero-order valence-corrected chi connectivity index (χ0v) is 45.6. The fraction of sp³-hybridized carbons (Fsp3) is 0.552. The number of benzene rings is 3. The largest absolute Gasteiger partial charge is 0.399 e. The first-order chi connectivity index (χ1) is 37.0. The molecular weight excluding hydrogens is 979 g/mol. The van der Waals surface area contributed by atoms with Gasteiger partial charge in [-0.25, -0.2) is 0 Å². The molecule has 416 valence electrons. The number of nitrogens with one attached hydrogen (secondary N) is 8. The number of nitrogens with zero attached hydrogens (tertiary/aromatic N) is 2. The highest BCUT2D eigenvalue weighted by atomic mass is 16.2. The lowest BCUT2D eigenvalue weighted by Crippen LogP contribution is -2.58. The third kappa shape index (κ3) is 14.8. The molecule has 3 aromatic rings. The normalized spacial score (nSPS) is 22.3. The van der Waals surface area contributed by atoms with Gasteiger partial charge in [0.15, 0.2) is 0 Å². The van der Waals surface area contributed by atoms with Crippen molar-refractivity contribution < 1.29 is 38.4 Å². The second-order valence-corrected chi connectivity index (χ2v) is 21.7. The van der Waals surface area contributed by atoms with E-state index in [9.17, 15) is 38.4 Å². The molecule has 4 aliphatic rings. The molecule has 2 heterocycles. The monoisotopic (exact) mass is 1060 g/mol. The van der Waals surface area contributed by atoms with Crippen LogP contribution in [0.1, 0.15) is 149 Å². The number of anilines is 1. The molecule has 2 aliphatic heterocycles. The van der Waals surface area contributed by atoms with Crippen molar-refractivity contribution in [3.63, 3.8) is 0 Å². The fourth-order valence-corrected chi connectivity index (χ4v) is 11.5. The third-order valence-electron chi connectivity index (χ3n) is 16.3. The minimum Gasteiger partial charge on any atom is -0.399 e. The molecule has 2 saturated carbocycles. The van der Waals surface area contributed by atoms with Gasteiger partial charge in [-0.05, 0) is 121 Å². The summed E-state index contributed by atoms with van der Waals surface area (Å²) in [5, 5.41) is 24.1. The number of rotatable bonds is 20. The molecule has 0 aromatic heterocycles. The molecule has 0 bridgehead atoms. The number of nitrogen functional groups attached to an aromatic ring is 1. The van der Waals surface area contributed by atoms with E-state index in [0.29, 0.717) is 0 Å². The number of likely N-dealkylation sites (tertiary alicyclic amines) is 2. The Hall–Kier alpha value is -6.86. The van der Waals surface area contributed by atoms with E-state index < -0.39 is 95.9 Å². The van der Waals surface area contributed by atoms with Crippen LogP contribution >= 0.6 is 0 Å². The van der Waals surface area contributed by atoms with Gasteiger partial charge in [-0.1, -0.05) is 99.2 Å². The second-order valence-electron chi connectivity index (χ2n) is 21.7. The molecule has 3 aromatic carbocycles. The van der Waals surface area contributed by atoms with Gasteiger partial charge in [0.1, 0.15) is 24.2 Å². The Kier molecular flexibility index (Phi) is 20.2. The lowest BCUT2D eigenvalue weighted by Gasteiger charge is -2.35. The van der Waals surface area contributed by atoms with Gasteiger partial charge in [-0.15, -0.1) is 0 Å². The quantitative estimate of drug-likeness (QED) is 0.0736. The number of nitrogens with two attached hydrogens (primary N) is 1. The zero-order chi connectivity index (χ0) is 55.3. The summed E-state index contributed by atoms with van der Waals surface area (Å²) in [6.07, 6.45) is 8.81. The summed E-state index contributed by atoms with van der Waals surface area (Å²) in [5.41, 5.74) is 8.38. The van der Waals surface area contributed by atoms with E-state index >= 15 is 0 Å². The number of likely N-dealkylation sites (N-methyl/N-ethyl adjacent to an activating group) is 2. The van der Waals surface area contributed by atoms with Crippen LogP contribution in [0.3, 0.4) is 0 Å². The second kappa shape index (κ2) is 27.0. The predicted octanol–water partition coefficient (Wildman–Crippen LogP) is 3.77. The molecule has 0 unspecified atom stereocenters. The van der Waals surface area contributed by atoms with Crippen molar-refractivity contribution in [3.8, 4) is 0 Å². The van der Waals surface area contributed by atoms with Crippen molar-refractivity contribution in [1.29, 1.82) is 0 Å². The summed E-state index contributed by atoms with van der Waals surface area (Å²) in [7, 11) is 3.34. The Morgan fingerprint density at radius 3 is 1.22 bits per heavy atom. The van der Waals surface area contributed by atoms with Crippen LogP contribution in [0, 0.1) is 11.8 Å². The van der Waals surface area contributed by atoms with E-state index in [-0.39, 0.29) is 66.4 Å². The van der Waals surface area contributed by atoms with Gasteiger partial charge in [-0.3, -0.25) is 38.4 Å². The van der Waals surface area contributed by atoms with E-state index in [1.165, 1.54) is 28.0 Å². The predicted molar refractivity (Wildman–Crippen MR) is 294 cm³/mol. The maximum atomic E-state index is 14.8. The topological polar surface area (TPSA) is 265 Å². The van der Waals surface area contributed by atoms with Crippen LogP contribution < -0.4 is 48.3 Å². The van der Waals surface area contributed by atoms with Gasteiger partial charge in [0.2, 0.25) is 35.4 Å². The Morgan fingerprint density at radius 2 is 0.870 bits per heavy atom. The summed E-state index contributed by atoms with van der Waals surface area (Å²) >= 11 is 0. The van der Waals surface area contributed by atoms with Crippen LogP contribution in [0.2, 0.25) is 0 Å². The molecule has 7 rings (SSSR count). The van der Waals surface area contributed by atoms with Crippen molar-refractivity contribution in [3.05, 3.63) is 101 Å². The van der Waals surface area contributed by atoms with E-state index in [2.05, 4.69) is 42.5 Å². The minimum atomic E-state index is -0.984. The average Bonchev–Trinajstić information content (AvgIpc) is 4.10. The van der Waals surface area contributed by atoms with Gasteiger partial charge >= 0.3 is 0 Å². The highest BCUT2D eigenvalue weighted by Crippen LogP contribution is 2.32. The van der Waals surface area contributed by atoms with E-state index in [4.69, 9.17) is 5.73 Å². The lowest BCUT2D eigenvalue weighted by molar-refractivity contribution is -0.143. The van der Waals surface area contributed by atoms with Gasteiger partial charge in [0, 0.05) is 42.0 Å². The van der Waals surface area contributed by atoms with E-state index in [1.54, 1.807) is 27.9 Å². The Morgan fingerprint density at radius 1 is 0.506 bits per heavy atom. The first kappa shape index (κ1) is 57.8. The smallest absolute Gasteiger partial charge is 0.251 e. The fourth-order valence-electron chi connectivity index (χ4n) is 11.5. The van der Waals surface area contributed by atoms with Crippen molar-refractivity contribution in [2.45, 2.75) is 165 Å². The summed E-state index contributed by atoms with van der Waals surface area (Å²) in [6.45, 7) is 7.11. The highest BCUT2D eigenvalue weighted by molar-refractivity contribution is 6.02. The van der Waals surface area contributed by atoms with Crippen LogP contribution in [-0.4, -0.2) is 133 Å². The molecule has 8 amide bonds. The van der Waals surface area contributed by atoms with Crippen LogP contribution in [0.4, 0.5) is 5.69 Å². The van der Waals surface area contributed by atoms with Crippen LogP contribution in [-0.2, 0) is 28.8 Å². The van der Waals surface area contributed by atoms with Crippen LogP contribution in [0.25, 0.3) is 0 Å². The minimum absolute atomic E-state index is 0.0196. The first-order valence-corrected chi connectivity index (χ1v) is 27.7. The highest BCUT2D eigenvalue weighted by Gasteiger charge is 2.47. The number of hydrogen-bond donors (Lipinski definition) is 9. The standard InChI is InChI=1S/C58H81N11O8/c1-34(38-19-11-7-12-20-38)62-55(74)47-30-45(32-68(47)57(76)49(40-23-15-9-16-24-40)66-51(70)36(3)60-5)64-53(72)42-27-43(29-44(59)28-42)54(73)65-46-31-48(56(75)63-35(2)39-21-13-8-14-22-39)69(33-46)58(77)50(41-25-17-10-18-26-41)67-52(71)37(4)61-6/h7-8,11-14,19-22,27-29,34-37,40-41,45-50,60-61H,9-10,15-18,23-26,30-33,59H2,1-6H3,(H,62,74)(H,63,75)(H,64,72)(H,65,73)(H,66,70)(H,67,71)/t34-,35-,36+,37+,45+,46+,47+,48+,49+,50+/m1/s1. The molecule has 19 heteroatoms. The van der Waals surface area contributed by atoms with Crippen LogP contribution in [0.5, 0.6) is 0 Å². The number of amides is 8. The van der Waals surface area contributed by atoms with Crippen molar-refractivity contribution >= 4 is 52.9 Å². The molecule has 2 aliphatic carbocycles. The van der Waals surface area contributed by atoms with Crippen molar-refractivity contribution in [1.82, 2.24) is 52.3 Å². The maximum absolute atomic E-state index is 14.8. The Bertz CT molecular complexity index is 2390. The molecule has 19 nitrogen and oxygen atoms in total. The molecule has 0 spiro atoms. The first-order valence-electron chi connectivity index (χ1n) is 27.7. The van der Waals surface area contributed by atoms with Gasteiger partial charge in [0.25, 0.3) is 11.8 Å². The maximum Gasteiger partial charge on any atom is 0.251 e. The van der Waals surface area contributed by atoms with E-state index in [0.717, 1.165) is 75.3 Å². The number of hydrogen-bond acceptors (Lipinski definition) is 11. The molecule has 0 radical (unpaired) electrons. The molecule has 10 atom stereocenters. The average molecular weight is 1060 g/mol. The van der Waals surface area contributed by atoms with E-state index in [1.807, 2.05) is 74.5 Å². The van der Waals surface area contributed by atoms with Crippen molar-refractivity contribution in [2.24, 2.45) is 11.8 Å². The van der Waals surface area contributed by atoms with Gasteiger partial charge in [-0.2, -0.15) is 0 Å². The van der Waals surface area contributed by atoms with Crippen LogP contribution in [0.15, 0.2) is 78.9 Å². The summed E-state index contributed by atoms with van der Waals surface area (Å²) < 4.78 is 0. The summed E-state index contributed by atoms with van der Waals surface area (Å²) in [6, 6.07) is 16.1. The molecule has 10 N–H and O–H groups in total. The molecule has 2 saturated heterocycles. The Labute approximate surface area is 453 Å². The molecule has 4 fully saturated rings. The van der Waals surface area contributed by atoms with Gasteiger partial charge < -0.3 is 58.1 Å². The van der Waals surface area contributed by atoms with Gasteiger partial charge in [0.05, 0.1) is 24.2 Å². The van der Waals surface area contributed by atoms with Crippen molar-refractivity contribution in [2.75, 3.05) is 32.9 Å². The zero-order valence-electron chi connectivity index (χ0n) is 45.6. The third-order valence-corrected chi connectivity index (χ3v) is 16.3. The summed E-state index contributed by atoms with van der Waals surface area (Å²) in [4.78, 5) is 117. The number of carbonyl (C=O) groups excluding carboxylic acids is 8. The Balaban J connectivity index is 1.10. The lowest BCUT2D eigenvalue weighted by atomic mass is 9.83. The molecular formula is C58H81N11O8. The summed E-state index contributed by atoms with van der Waals surface area (Å²) in [5.74, 6) is -3.71. The number of carbonyl (C=O) groups is 8. The molecule has 77 heavy (non-hydrogen) atoms. The SMILES string of the molecule is CN[C@@H](C)C(=O)N[C@H](C(=O)N1C[C@@H](NC(=O)c2cc(N)cc(C(=O)N[C@H]3C[C@@H](C(=O)N[C@H](C)c4ccccc4)N(C(=O)[C@@H](NC(=O)[C@H](C)NC)C4CCCCC4)C3)c2)C[C@H]1C(=O)N[C@H](C)c1ccccc1)C1CCCCC1.